The van der Waals surface area contributed by atoms with Crippen molar-refractivity contribution in [3.63, 3.8) is 0 Å². The van der Waals surface area contributed by atoms with Gasteiger partial charge in [0.1, 0.15) is 19.3 Å². The number of aromatic nitrogens is 1. The highest BCUT2D eigenvalue weighted by atomic mass is 35.6. The van der Waals surface area contributed by atoms with E-state index >= 15 is 0 Å². The van der Waals surface area contributed by atoms with Gasteiger partial charge in [-0.25, -0.2) is 29.7 Å². The van der Waals surface area contributed by atoms with Crippen molar-refractivity contribution in [3.8, 4) is 0 Å². The van der Waals surface area contributed by atoms with Crippen LogP contribution >= 0.6 is 34.8 Å². The normalized spacial score (nSPS) is 15.1. The summed E-state index contributed by atoms with van der Waals surface area (Å²) in [6, 6.07) is 1.03. The number of halogens is 3. The number of carbonyl (C=O) groups excluding carboxylic acids is 4. The second-order valence-electron chi connectivity index (χ2n) is 5.33. The standard InChI is InChI=1S/C14H15Cl3N4O6/c1-9(10(22)19-4-2-3-5-19)21(13(25)27-8-14(15,16)17)18-11(23)20-6-7-26-12(20)24/h2-5,9H,6-8H2,1H3,(H,18,23)/t9-/m1/s1. The minimum absolute atomic E-state index is 0.0123. The molecule has 1 aliphatic rings. The second kappa shape index (κ2) is 8.68. The van der Waals surface area contributed by atoms with Gasteiger partial charge in [-0.15, -0.1) is 0 Å². The first-order valence-electron chi connectivity index (χ1n) is 7.55. The third kappa shape index (κ3) is 5.65. The van der Waals surface area contributed by atoms with Gasteiger partial charge in [-0.2, -0.15) is 0 Å². The van der Waals surface area contributed by atoms with Gasteiger partial charge in [0.25, 0.3) is 5.91 Å². The minimum Gasteiger partial charge on any atom is -0.447 e. The first-order valence-corrected chi connectivity index (χ1v) is 8.68. The highest BCUT2D eigenvalue weighted by molar-refractivity contribution is 6.67. The van der Waals surface area contributed by atoms with E-state index in [1.807, 2.05) is 0 Å². The lowest BCUT2D eigenvalue weighted by Gasteiger charge is -2.29. The van der Waals surface area contributed by atoms with E-state index in [4.69, 9.17) is 39.5 Å². The van der Waals surface area contributed by atoms with Crippen LogP contribution in [0.5, 0.6) is 0 Å². The van der Waals surface area contributed by atoms with Crippen LogP contribution < -0.4 is 5.43 Å². The number of rotatable bonds is 3. The van der Waals surface area contributed by atoms with Crippen molar-refractivity contribution >= 4 is 58.9 Å². The zero-order valence-electron chi connectivity index (χ0n) is 13.9. The molecular weight excluding hydrogens is 427 g/mol. The molecule has 0 bridgehead atoms. The van der Waals surface area contributed by atoms with E-state index in [9.17, 15) is 19.2 Å². The highest BCUT2D eigenvalue weighted by Gasteiger charge is 2.35. The number of alkyl halides is 3. The molecule has 0 saturated carbocycles. The van der Waals surface area contributed by atoms with Crippen LogP contribution in [0.25, 0.3) is 0 Å². The molecule has 1 aliphatic heterocycles. The molecule has 0 unspecified atom stereocenters. The van der Waals surface area contributed by atoms with Gasteiger partial charge in [-0.3, -0.25) is 9.36 Å². The molecule has 0 spiro atoms. The van der Waals surface area contributed by atoms with Gasteiger partial charge < -0.3 is 9.47 Å². The van der Waals surface area contributed by atoms with Gasteiger partial charge in [0.15, 0.2) is 0 Å². The number of hydrazine groups is 1. The molecule has 2 heterocycles. The summed E-state index contributed by atoms with van der Waals surface area (Å²) in [4.78, 5) is 49.3. The molecule has 2 rings (SSSR count). The Hall–Kier alpha value is -2.17. The molecule has 27 heavy (non-hydrogen) atoms. The fourth-order valence-corrected chi connectivity index (χ4v) is 2.23. The summed E-state index contributed by atoms with van der Waals surface area (Å²) >= 11 is 16.6. The van der Waals surface area contributed by atoms with E-state index < -0.39 is 40.6 Å². The predicted molar refractivity (Wildman–Crippen MR) is 94.6 cm³/mol. The van der Waals surface area contributed by atoms with Gasteiger partial charge in [0.2, 0.25) is 3.79 Å². The maximum Gasteiger partial charge on any atom is 0.429 e. The van der Waals surface area contributed by atoms with Crippen molar-refractivity contribution in [1.82, 2.24) is 19.9 Å². The predicted octanol–water partition coefficient (Wildman–Crippen LogP) is 2.40. The summed E-state index contributed by atoms with van der Waals surface area (Å²) < 4.78 is 8.80. The van der Waals surface area contributed by atoms with Crippen molar-refractivity contribution in [2.45, 2.75) is 16.8 Å². The van der Waals surface area contributed by atoms with Crippen molar-refractivity contribution in [2.24, 2.45) is 0 Å². The van der Waals surface area contributed by atoms with Gasteiger partial charge in [-0.05, 0) is 19.1 Å². The Morgan fingerprint density at radius 3 is 2.48 bits per heavy atom. The number of nitrogens with one attached hydrogen (secondary N) is 1. The molecule has 148 valence electrons. The average Bonchev–Trinajstić information content (AvgIpc) is 3.27. The molecule has 1 N–H and O–H groups in total. The SMILES string of the molecule is C[C@H](C(=O)n1cccc1)N(NC(=O)N1CCOC1=O)C(=O)OCC(Cl)(Cl)Cl. The number of carbonyl (C=O) groups is 4. The van der Waals surface area contributed by atoms with Crippen molar-refractivity contribution < 1.29 is 28.7 Å². The van der Waals surface area contributed by atoms with Crippen LogP contribution in [0.2, 0.25) is 0 Å². The molecule has 10 nitrogen and oxygen atoms in total. The summed E-state index contributed by atoms with van der Waals surface area (Å²) in [5.74, 6) is -0.560. The molecule has 0 aliphatic carbocycles. The van der Waals surface area contributed by atoms with Crippen LogP contribution in [-0.4, -0.2) is 68.2 Å². The highest BCUT2D eigenvalue weighted by Crippen LogP contribution is 2.26. The first kappa shape index (κ1) is 21.1. The number of hydrogen-bond acceptors (Lipinski definition) is 6. The molecule has 1 fully saturated rings. The summed E-state index contributed by atoms with van der Waals surface area (Å²) in [7, 11) is 0. The van der Waals surface area contributed by atoms with Gasteiger partial charge >= 0.3 is 18.2 Å². The van der Waals surface area contributed by atoms with Crippen molar-refractivity contribution in [3.05, 3.63) is 24.5 Å². The van der Waals surface area contributed by atoms with E-state index in [1.165, 1.54) is 23.9 Å². The molecule has 1 atom stereocenters. The maximum absolute atomic E-state index is 12.5. The average molecular weight is 442 g/mol. The molecule has 1 aromatic heterocycles. The molecule has 4 amide bonds. The number of imide groups is 1. The summed E-state index contributed by atoms with van der Waals surface area (Å²) in [5, 5.41) is 0.604. The summed E-state index contributed by atoms with van der Waals surface area (Å²) in [6.45, 7) is 0.726. The number of amides is 4. The van der Waals surface area contributed by atoms with Crippen LogP contribution in [0.3, 0.4) is 0 Å². The van der Waals surface area contributed by atoms with E-state index in [0.717, 1.165) is 4.90 Å². The Morgan fingerprint density at radius 2 is 1.96 bits per heavy atom. The molecule has 1 saturated heterocycles. The van der Waals surface area contributed by atoms with E-state index in [0.29, 0.717) is 5.01 Å². The van der Waals surface area contributed by atoms with Crippen LogP contribution in [0.1, 0.15) is 11.7 Å². The largest absolute Gasteiger partial charge is 0.447 e. The number of nitrogens with zero attached hydrogens (tertiary/aromatic N) is 3. The van der Waals surface area contributed by atoms with E-state index in [-0.39, 0.29) is 13.2 Å². The number of urea groups is 1. The third-order valence-electron chi connectivity index (χ3n) is 3.38. The fourth-order valence-electron chi connectivity index (χ4n) is 2.06. The van der Waals surface area contributed by atoms with Crippen molar-refractivity contribution in [2.75, 3.05) is 19.8 Å². The van der Waals surface area contributed by atoms with Gasteiger partial charge in [0.05, 0.1) is 6.54 Å². The van der Waals surface area contributed by atoms with Gasteiger partial charge in [-0.1, -0.05) is 34.8 Å². The lowest BCUT2D eigenvalue weighted by molar-refractivity contribution is 0.0525. The zero-order valence-corrected chi connectivity index (χ0v) is 16.2. The Balaban J connectivity index is 2.16. The lowest BCUT2D eigenvalue weighted by Crippen LogP contribution is -2.58. The first-order chi connectivity index (χ1) is 12.6. The summed E-state index contributed by atoms with van der Waals surface area (Å²) in [6.07, 6.45) is 0.883. The number of ether oxygens (including phenoxy) is 2. The van der Waals surface area contributed by atoms with Crippen LogP contribution in [-0.2, 0) is 9.47 Å². The minimum atomic E-state index is -1.89. The quantitative estimate of drug-likeness (QED) is 0.570. The van der Waals surface area contributed by atoms with Crippen LogP contribution in [0, 0.1) is 0 Å². The monoisotopic (exact) mass is 440 g/mol. The summed E-state index contributed by atoms with van der Waals surface area (Å²) in [5.41, 5.74) is 2.15. The Morgan fingerprint density at radius 1 is 1.33 bits per heavy atom. The molecule has 0 radical (unpaired) electrons. The molecule has 0 aromatic carbocycles. The Labute approximate surface area is 168 Å². The van der Waals surface area contributed by atoms with Gasteiger partial charge in [0, 0.05) is 12.4 Å². The van der Waals surface area contributed by atoms with E-state index in [2.05, 4.69) is 10.2 Å². The molecular formula is C14H15Cl3N4O6. The number of cyclic esters (lactones) is 1. The fraction of sp³-hybridized carbons (Fsp3) is 0.429. The Bertz CT molecular complexity index is 721. The maximum atomic E-state index is 12.5. The van der Waals surface area contributed by atoms with Crippen LogP contribution in [0.15, 0.2) is 24.5 Å². The third-order valence-corrected chi connectivity index (χ3v) is 3.71. The zero-order chi connectivity index (χ0) is 20.2. The van der Waals surface area contributed by atoms with Crippen LogP contribution in [0.4, 0.5) is 14.4 Å². The number of hydrogen-bond donors (Lipinski definition) is 1. The second-order valence-corrected chi connectivity index (χ2v) is 7.84. The lowest BCUT2D eigenvalue weighted by atomic mass is 10.3. The molecule has 13 heteroatoms. The topological polar surface area (TPSA) is 110 Å². The molecule has 1 aromatic rings. The Kier molecular flexibility index (Phi) is 6.79. The smallest absolute Gasteiger partial charge is 0.429 e. The van der Waals surface area contributed by atoms with E-state index in [1.54, 1.807) is 12.1 Å². The van der Waals surface area contributed by atoms with Crippen molar-refractivity contribution in [1.29, 1.82) is 0 Å².